The quantitative estimate of drug-likeness (QED) is 0.921. The standard InChI is InChI=1S/C13H14ClN3O/c1-8-2-3-9(6-11(8)14)13-17-16-12(18-13)7-15-10-4-5-10/h2-3,6,10,15H,4-5,7H2,1H3. The minimum absolute atomic E-state index is 0.518. The lowest BCUT2D eigenvalue weighted by Gasteiger charge is -1.99. The average Bonchev–Trinajstić information content (AvgIpc) is 3.08. The van der Waals surface area contributed by atoms with Gasteiger partial charge in [-0.1, -0.05) is 17.7 Å². The fraction of sp³-hybridized carbons (Fsp3) is 0.385. The first kappa shape index (κ1) is 11.7. The lowest BCUT2D eigenvalue weighted by molar-refractivity contribution is 0.476. The van der Waals surface area contributed by atoms with Crippen molar-refractivity contribution in [3.8, 4) is 11.5 Å². The Labute approximate surface area is 110 Å². The van der Waals surface area contributed by atoms with E-state index in [4.69, 9.17) is 16.0 Å². The second-order valence-corrected chi connectivity index (χ2v) is 5.03. The van der Waals surface area contributed by atoms with Crippen LogP contribution in [-0.2, 0) is 6.54 Å². The fourth-order valence-electron chi connectivity index (χ4n) is 1.69. The molecule has 1 aromatic carbocycles. The van der Waals surface area contributed by atoms with Gasteiger partial charge in [-0.05, 0) is 37.5 Å². The highest BCUT2D eigenvalue weighted by molar-refractivity contribution is 6.31. The molecule has 1 aliphatic rings. The summed E-state index contributed by atoms with van der Waals surface area (Å²) in [5.74, 6) is 1.14. The highest BCUT2D eigenvalue weighted by Crippen LogP contribution is 2.24. The van der Waals surface area contributed by atoms with Crippen LogP contribution in [0.25, 0.3) is 11.5 Å². The molecule has 0 radical (unpaired) electrons. The van der Waals surface area contributed by atoms with Crippen LogP contribution in [0.2, 0.25) is 5.02 Å². The zero-order valence-electron chi connectivity index (χ0n) is 10.1. The summed E-state index contributed by atoms with van der Waals surface area (Å²) in [6, 6.07) is 6.37. The molecule has 0 spiro atoms. The van der Waals surface area contributed by atoms with Gasteiger partial charge in [0.25, 0.3) is 0 Å². The van der Waals surface area contributed by atoms with E-state index in [0.717, 1.165) is 11.1 Å². The first-order valence-electron chi connectivity index (χ1n) is 6.04. The van der Waals surface area contributed by atoms with E-state index in [-0.39, 0.29) is 0 Å². The van der Waals surface area contributed by atoms with Crippen LogP contribution in [0, 0.1) is 6.92 Å². The van der Waals surface area contributed by atoms with Crippen molar-refractivity contribution >= 4 is 11.6 Å². The van der Waals surface area contributed by atoms with Crippen LogP contribution in [0.5, 0.6) is 0 Å². The molecule has 3 rings (SSSR count). The monoisotopic (exact) mass is 263 g/mol. The zero-order valence-corrected chi connectivity index (χ0v) is 10.9. The van der Waals surface area contributed by atoms with Crippen molar-refractivity contribution in [2.75, 3.05) is 0 Å². The van der Waals surface area contributed by atoms with Crippen LogP contribution in [0.1, 0.15) is 24.3 Å². The molecule has 5 heteroatoms. The minimum Gasteiger partial charge on any atom is -0.419 e. The number of benzene rings is 1. The maximum absolute atomic E-state index is 6.08. The van der Waals surface area contributed by atoms with E-state index < -0.39 is 0 Å². The van der Waals surface area contributed by atoms with Crippen molar-refractivity contribution in [3.05, 3.63) is 34.7 Å². The molecule has 0 saturated heterocycles. The Bertz CT molecular complexity index is 563. The van der Waals surface area contributed by atoms with Crippen LogP contribution < -0.4 is 5.32 Å². The third kappa shape index (κ3) is 2.54. The minimum atomic E-state index is 0.518. The Kier molecular flexibility index (Phi) is 3.06. The van der Waals surface area contributed by atoms with Gasteiger partial charge < -0.3 is 9.73 Å². The van der Waals surface area contributed by atoms with Crippen molar-refractivity contribution in [2.24, 2.45) is 0 Å². The third-order valence-electron chi connectivity index (χ3n) is 3.00. The van der Waals surface area contributed by atoms with Gasteiger partial charge in [0.1, 0.15) is 0 Å². The van der Waals surface area contributed by atoms with Gasteiger partial charge in [0, 0.05) is 16.6 Å². The molecular weight excluding hydrogens is 250 g/mol. The van der Waals surface area contributed by atoms with E-state index >= 15 is 0 Å². The first-order valence-corrected chi connectivity index (χ1v) is 6.42. The van der Waals surface area contributed by atoms with E-state index in [1.807, 2.05) is 25.1 Å². The molecule has 1 N–H and O–H groups in total. The molecule has 1 fully saturated rings. The predicted octanol–water partition coefficient (Wildman–Crippen LogP) is 2.95. The molecule has 4 nitrogen and oxygen atoms in total. The summed E-state index contributed by atoms with van der Waals surface area (Å²) < 4.78 is 5.60. The Morgan fingerprint density at radius 2 is 2.22 bits per heavy atom. The number of rotatable bonds is 4. The van der Waals surface area contributed by atoms with Crippen LogP contribution in [0.15, 0.2) is 22.6 Å². The topological polar surface area (TPSA) is 51.0 Å². The lowest BCUT2D eigenvalue weighted by atomic mass is 10.1. The van der Waals surface area contributed by atoms with Crippen molar-refractivity contribution in [3.63, 3.8) is 0 Å². The van der Waals surface area contributed by atoms with E-state index in [0.29, 0.717) is 29.4 Å². The Hall–Kier alpha value is -1.39. The van der Waals surface area contributed by atoms with Gasteiger partial charge in [-0.15, -0.1) is 10.2 Å². The summed E-state index contributed by atoms with van der Waals surface area (Å²) in [4.78, 5) is 0. The second kappa shape index (κ2) is 4.71. The summed E-state index contributed by atoms with van der Waals surface area (Å²) in [7, 11) is 0. The number of hydrogen-bond acceptors (Lipinski definition) is 4. The molecule has 1 heterocycles. The Morgan fingerprint density at radius 1 is 1.39 bits per heavy atom. The molecular formula is C13H14ClN3O. The summed E-state index contributed by atoms with van der Waals surface area (Å²) in [5.41, 5.74) is 1.89. The summed E-state index contributed by atoms with van der Waals surface area (Å²) >= 11 is 6.08. The van der Waals surface area contributed by atoms with Gasteiger partial charge in [0.2, 0.25) is 11.8 Å². The van der Waals surface area contributed by atoms with E-state index in [2.05, 4.69) is 15.5 Å². The molecule has 0 atom stereocenters. The summed E-state index contributed by atoms with van der Waals surface area (Å²) in [5, 5.41) is 12.1. The van der Waals surface area contributed by atoms with Crippen molar-refractivity contribution < 1.29 is 4.42 Å². The molecule has 0 aliphatic heterocycles. The number of aromatic nitrogens is 2. The smallest absolute Gasteiger partial charge is 0.247 e. The molecule has 1 aliphatic carbocycles. The normalized spacial score (nSPS) is 15.0. The van der Waals surface area contributed by atoms with Crippen molar-refractivity contribution in [2.45, 2.75) is 32.4 Å². The largest absolute Gasteiger partial charge is 0.419 e. The van der Waals surface area contributed by atoms with Gasteiger partial charge in [-0.2, -0.15) is 0 Å². The molecule has 0 unspecified atom stereocenters. The number of aryl methyl sites for hydroxylation is 1. The van der Waals surface area contributed by atoms with Crippen LogP contribution in [0.4, 0.5) is 0 Å². The van der Waals surface area contributed by atoms with E-state index in [1.54, 1.807) is 0 Å². The molecule has 1 aromatic heterocycles. The van der Waals surface area contributed by atoms with Gasteiger partial charge in [0.15, 0.2) is 0 Å². The molecule has 18 heavy (non-hydrogen) atoms. The van der Waals surface area contributed by atoms with E-state index in [1.165, 1.54) is 12.8 Å². The van der Waals surface area contributed by atoms with Crippen LogP contribution >= 0.6 is 11.6 Å². The maximum Gasteiger partial charge on any atom is 0.247 e. The molecule has 0 amide bonds. The molecule has 1 saturated carbocycles. The summed E-state index contributed by atoms with van der Waals surface area (Å²) in [6.45, 7) is 2.60. The number of nitrogens with one attached hydrogen (secondary N) is 1. The zero-order chi connectivity index (χ0) is 12.5. The molecule has 94 valence electrons. The van der Waals surface area contributed by atoms with Crippen LogP contribution in [0.3, 0.4) is 0 Å². The molecule has 2 aromatic rings. The van der Waals surface area contributed by atoms with Crippen molar-refractivity contribution in [1.29, 1.82) is 0 Å². The average molecular weight is 264 g/mol. The predicted molar refractivity (Wildman–Crippen MR) is 69.3 cm³/mol. The summed E-state index contributed by atoms with van der Waals surface area (Å²) in [6.07, 6.45) is 2.49. The Morgan fingerprint density at radius 3 is 2.94 bits per heavy atom. The highest BCUT2D eigenvalue weighted by Gasteiger charge is 2.21. The van der Waals surface area contributed by atoms with Gasteiger partial charge >= 0.3 is 0 Å². The number of nitrogens with zero attached hydrogens (tertiary/aromatic N) is 2. The van der Waals surface area contributed by atoms with Gasteiger partial charge in [-0.3, -0.25) is 0 Å². The Balaban J connectivity index is 1.76. The fourth-order valence-corrected chi connectivity index (χ4v) is 1.87. The number of hydrogen-bond donors (Lipinski definition) is 1. The van der Waals surface area contributed by atoms with Crippen LogP contribution in [-0.4, -0.2) is 16.2 Å². The second-order valence-electron chi connectivity index (χ2n) is 4.62. The molecule has 0 bridgehead atoms. The number of halogens is 1. The maximum atomic E-state index is 6.08. The van der Waals surface area contributed by atoms with E-state index in [9.17, 15) is 0 Å². The van der Waals surface area contributed by atoms with Gasteiger partial charge in [-0.25, -0.2) is 0 Å². The van der Waals surface area contributed by atoms with Crippen molar-refractivity contribution in [1.82, 2.24) is 15.5 Å². The first-order chi connectivity index (χ1) is 8.72. The third-order valence-corrected chi connectivity index (χ3v) is 3.41. The SMILES string of the molecule is Cc1ccc(-c2nnc(CNC3CC3)o2)cc1Cl. The van der Waals surface area contributed by atoms with Gasteiger partial charge in [0.05, 0.1) is 6.54 Å². The lowest BCUT2D eigenvalue weighted by Crippen LogP contribution is -2.15. The highest BCUT2D eigenvalue weighted by atomic mass is 35.5.